The Morgan fingerprint density at radius 2 is 1.79 bits per heavy atom. The van der Waals surface area contributed by atoms with E-state index >= 15 is 0 Å². The Balaban J connectivity index is 2.26. The number of methoxy groups -OCH3 is 1. The van der Waals surface area contributed by atoms with E-state index in [1.165, 1.54) is 21.0 Å². The molecule has 0 spiro atoms. The topological polar surface area (TPSA) is 78.9 Å². The normalized spacial score (nSPS) is 11.4. The van der Waals surface area contributed by atoms with Gasteiger partial charge in [0.1, 0.15) is 11.9 Å². The van der Waals surface area contributed by atoms with Gasteiger partial charge in [-0.05, 0) is 48.2 Å². The molecular weight excluding hydrogens is 384 g/mol. The van der Waals surface area contributed by atoms with Gasteiger partial charge in [-0.1, -0.05) is 29.8 Å². The fraction of sp³-hybridized carbons (Fsp3) is 0.286. The predicted octanol–water partition coefficient (Wildman–Crippen LogP) is 4.29. The molecule has 0 bridgehead atoms. The first-order valence-corrected chi connectivity index (χ1v) is 9.00. The lowest BCUT2D eigenvalue weighted by Gasteiger charge is -2.19. The van der Waals surface area contributed by atoms with Gasteiger partial charge < -0.3 is 14.2 Å². The molecule has 2 aromatic carbocycles. The minimum Gasteiger partial charge on any atom is -0.465 e. The van der Waals surface area contributed by atoms with Crippen LogP contribution in [0.5, 0.6) is 5.75 Å². The second kappa shape index (κ2) is 9.90. The molecule has 0 saturated heterocycles. The van der Waals surface area contributed by atoms with Crippen molar-refractivity contribution in [3.8, 4) is 5.75 Å². The molecule has 0 aliphatic rings. The van der Waals surface area contributed by atoms with Crippen molar-refractivity contribution < 1.29 is 28.6 Å². The van der Waals surface area contributed by atoms with Crippen LogP contribution in [0.4, 0.5) is 0 Å². The number of esters is 3. The molecule has 28 heavy (non-hydrogen) atoms. The summed E-state index contributed by atoms with van der Waals surface area (Å²) in [6.07, 6.45) is 0.278. The maximum absolute atomic E-state index is 12.0. The number of ether oxygens (including phenoxy) is 3. The van der Waals surface area contributed by atoms with E-state index in [0.717, 1.165) is 5.56 Å². The molecule has 2 rings (SSSR count). The average Bonchev–Trinajstić information content (AvgIpc) is 2.64. The molecule has 148 valence electrons. The summed E-state index contributed by atoms with van der Waals surface area (Å²) in [6.45, 7) is 2.64. The Morgan fingerprint density at radius 1 is 1.04 bits per heavy atom. The number of halogens is 1. The molecule has 0 saturated carbocycles. The van der Waals surface area contributed by atoms with E-state index in [-0.39, 0.29) is 0 Å². The molecule has 0 N–H and O–H groups in total. The summed E-state index contributed by atoms with van der Waals surface area (Å²) in [5.41, 5.74) is 1.78. The fourth-order valence-corrected chi connectivity index (χ4v) is 2.96. The van der Waals surface area contributed by atoms with Crippen LogP contribution in [-0.2, 0) is 25.5 Å². The van der Waals surface area contributed by atoms with Crippen LogP contribution < -0.4 is 4.74 Å². The molecule has 1 atom stereocenters. The molecule has 0 amide bonds. The Bertz CT molecular complexity index is 877. The SMILES string of the molecule is COC(=O)c1cc(Cl)ccc1CC[C@@H](OC(C)=O)c1cccc(OC(C)=O)c1. The zero-order valence-corrected chi connectivity index (χ0v) is 16.6. The molecule has 0 fully saturated rings. The van der Waals surface area contributed by atoms with Crippen molar-refractivity contribution in [2.45, 2.75) is 32.8 Å². The molecule has 7 heteroatoms. The third-order valence-corrected chi connectivity index (χ3v) is 4.19. The van der Waals surface area contributed by atoms with Crippen molar-refractivity contribution in [1.29, 1.82) is 0 Å². The molecule has 6 nitrogen and oxygen atoms in total. The first kappa shape index (κ1) is 21.4. The summed E-state index contributed by atoms with van der Waals surface area (Å²) in [6, 6.07) is 11.8. The largest absolute Gasteiger partial charge is 0.465 e. The van der Waals surface area contributed by atoms with Crippen LogP contribution in [0.1, 0.15) is 47.9 Å². The summed E-state index contributed by atoms with van der Waals surface area (Å²) < 4.78 is 15.4. The number of aryl methyl sites for hydroxylation is 1. The highest BCUT2D eigenvalue weighted by atomic mass is 35.5. The average molecular weight is 405 g/mol. The van der Waals surface area contributed by atoms with Gasteiger partial charge in [-0.15, -0.1) is 0 Å². The van der Waals surface area contributed by atoms with Gasteiger partial charge in [0.05, 0.1) is 12.7 Å². The van der Waals surface area contributed by atoms with E-state index in [4.69, 9.17) is 25.8 Å². The van der Waals surface area contributed by atoms with E-state index in [1.54, 1.807) is 42.5 Å². The van der Waals surface area contributed by atoms with Crippen LogP contribution in [0, 0.1) is 0 Å². The van der Waals surface area contributed by atoms with E-state index in [1.807, 2.05) is 0 Å². The van der Waals surface area contributed by atoms with E-state index in [0.29, 0.717) is 34.7 Å². The highest BCUT2D eigenvalue weighted by Gasteiger charge is 2.19. The summed E-state index contributed by atoms with van der Waals surface area (Å²) in [5, 5.41) is 0.426. The highest BCUT2D eigenvalue weighted by molar-refractivity contribution is 6.31. The second-order valence-electron chi connectivity index (χ2n) is 6.10. The van der Waals surface area contributed by atoms with Crippen LogP contribution >= 0.6 is 11.6 Å². The lowest BCUT2D eigenvalue weighted by atomic mass is 9.97. The van der Waals surface area contributed by atoms with Crippen molar-refractivity contribution >= 4 is 29.5 Å². The standard InChI is InChI=1S/C21H21ClO6/c1-13(23)27-18-6-4-5-16(11-18)20(28-14(2)24)10-8-15-7-9-17(22)12-19(15)21(25)26-3/h4-7,9,11-12,20H,8,10H2,1-3H3/t20-/m1/s1. The molecule has 2 aromatic rings. The predicted molar refractivity (Wildman–Crippen MR) is 103 cm³/mol. The van der Waals surface area contributed by atoms with Crippen molar-refractivity contribution in [3.05, 3.63) is 64.2 Å². The van der Waals surface area contributed by atoms with Crippen LogP contribution in [0.3, 0.4) is 0 Å². The van der Waals surface area contributed by atoms with Gasteiger partial charge in [-0.25, -0.2) is 4.79 Å². The minimum atomic E-state index is -0.575. The number of hydrogen-bond donors (Lipinski definition) is 0. The fourth-order valence-electron chi connectivity index (χ4n) is 2.79. The van der Waals surface area contributed by atoms with Gasteiger partial charge in [-0.2, -0.15) is 0 Å². The highest BCUT2D eigenvalue weighted by Crippen LogP contribution is 2.28. The van der Waals surface area contributed by atoms with Crippen molar-refractivity contribution in [2.24, 2.45) is 0 Å². The number of rotatable bonds is 7. The van der Waals surface area contributed by atoms with Crippen LogP contribution in [-0.4, -0.2) is 25.0 Å². The Hall–Kier alpha value is -2.86. The summed E-state index contributed by atoms with van der Waals surface area (Å²) >= 11 is 5.99. The van der Waals surface area contributed by atoms with Crippen molar-refractivity contribution in [1.82, 2.24) is 0 Å². The van der Waals surface area contributed by atoms with Crippen molar-refractivity contribution in [2.75, 3.05) is 7.11 Å². The lowest BCUT2D eigenvalue weighted by Crippen LogP contribution is -2.12. The van der Waals surface area contributed by atoms with Gasteiger partial charge in [0.25, 0.3) is 0 Å². The van der Waals surface area contributed by atoms with Gasteiger partial charge in [0.2, 0.25) is 0 Å². The summed E-state index contributed by atoms with van der Waals surface area (Å²) in [4.78, 5) is 34.8. The van der Waals surface area contributed by atoms with Gasteiger partial charge in [0.15, 0.2) is 0 Å². The summed E-state index contributed by atoms with van der Waals surface area (Å²) in [5.74, 6) is -1.00. The molecule has 0 unspecified atom stereocenters. The smallest absolute Gasteiger partial charge is 0.338 e. The third kappa shape index (κ3) is 6.09. The first-order chi connectivity index (χ1) is 13.3. The number of benzene rings is 2. The van der Waals surface area contributed by atoms with Gasteiger partial charge in [-0.3, -0.25) is 9.59 Å². The number of hydrogen-bond acceptors (Lipinski definition) is 6. The molecule has 0 aliphatic heterocycles. The quantitative estimate of drug-likeness (QED) is 0.506. The van der Waals surface area contributed by atoms with Gasteiger partial charge in [0, 0.05) is 18.9 Å². The van der Waals surface area contributed by atoms with E-state index in [2.05, 4.69) is 0 Å². The summed E-state index contributed by atoms with van der Waals surface area (Å²) in [7, 11) is 1.30. The zero-order chi connectivity index (χ0) is 20.7. The number of carbonyl (C=O) groups is 3. The third-order valence-electron chi connectivity index (χ3n) is 3.95. The van der Waals surface area contributed by atoms with Gasteiger partial charge >= 0.3 is 17.9 Å². The lowest BCUT2D eigenvalue weighted by molar-refractivity contribution is -0.147. The maximum atomic E-state index is 12.0. The second-order valence-corrected chi connectivity index (χ2v) is 6.53. The Kier molecular flexibility index (Phi) is 7.58. The van der Waals surface area contributed by atoms with E-state index < -0.39 is 24.0 Å². The Labute approximate surface area is 168 Å². The van der Waals surface area contributed by atoms with Crippen LogP contribution in [0.15, 0.2) is 42.5 Å². The maximum Gasteiger partial charge on any atom is 0.338 e. The van der Waals surface area contributed by atoms with Crippen molar-refractivity contribution in [3.63, 3.8) is 0 Å². The molecule has 0 heterocycles. The minimum absolute atomic E-state index is 0.365. The Morgan fingerprint density at radius 3 is 2.43 bits per heavy atom. The van der Waals surface area contributed by atoms with E-state index in [9.17, 15) is 14.4 Å². The van der Waals surface area contributed by atoms with Crippen LogP contribution in [0.25, 0.3) is 0 Å². The zero-order valence-electron chi connectivity index (χ0n) is 15.9. The molecule has 0 radical (unpaired) electrons. The van der Waals surface area contributed by atoms with Crippen LogP contribution in [0.2, 0.25) is 5.02 Å². The monoisotopic (exact) mass is 404 g/mol. The number of carbonyl (C=O) groups excluding carboxylic acids is 3. The first-order valence-electron chi connectivity index (χ1n) is 8.62. The molecular formula is C21H21ClO6. The molecule has 0 aromatic heterocycles. The molecule has 0 aliphatic carbocycles.